The molecule has 2 N–H and O–H groups in total. The van der Waals surface area contributed by atoms with E-state index in [9.17, 15) is 18.0 Å². The molecule has 0 aliphatic carbocycles. The van der Waals surface area contributed by atoms with Crippen molar-refractivity contribution in [3.63, 3.8) is 0 Å². The molecule has 15 heteroatoms. The molecule has 3 aromatic carbocycles. The number of aromatic nitrogens is 2. The first-order valence-electron chi connectivity index (χ1n) is 16.2. The van der Waals surface area contributed by atoms with Crippen molar-refractivity contribution in [2.45, 2.75) is 81.5 Å². The Morgan fingerprint density at radius 1 is 0.940 bits per heavy atom. The maximum absolute atomic E-state index is 14.4. The molecule has 2 amide bonds. The van der Waals surface area contributed by atoms with Gasteiger partial charge in [-0.15, -0.1) is 11.6 Å². The van der Waals surface area contributed by atoms with Crippen LogP contribution in [0.4, 0.5) is 16.3 Å². The third kappa shape index (κ3) is 10.1. The maximum Gasteiger partial charge on any atom is 0.339 e. The highest BCUT2D eigenvalue weighted by Crippen LogP contribution is 2.36. The van der Waals surface area contributed by atoms with Crippen LogP contribution in [-0.2, 0) is 10.1 Å². The van der Waals surface area contributed by atoms with Crippen molar-refractivity contribution in [3.05, 3.63) is 92.2 Å². The molecule has 2 unspecified atom stereocenters. The summed E-state index contributed by atoms with van der Waals surface area (Å²) in [6, 6.07) is 15.7. The van der Waals surface area contributed by atoms with Gasteiger partial charge in [-0.1, -0.05) is 92.0 Å². The average Bonchev–Trinajstić information content (AvgIpc) is 3.37. The molecule has 0 aliphatic rings. The smallest absolute Gasteiger partial charge is 0.339 e. The maximum atomic E-state index is 14.4. The third-order valence-corrected chi connectivity index (χ3v) is 10.2. The Hall–Kier alpha value is -3.35. The van der Waals surface area contributed by atoms with E-state index in [1.54, 1.807) is 30.3 Å². The van der Waals surface area contributed by atoms with Gasteiger partial charge in [0, 0.05) is 16.4 Å². The van der Waals surface area contributed by atoms with Gasteiger partial charge in [0.15, 0.2) is 5.82 Å². The number of alkyl halides is 1. The molecule has 0 saturated heterocycles. The Morgan fingerprint density at radius 3 is 2.18 bits per heavy atom. The fourth-order valence-electron chi connectivity index (χ4n) is 5.32. The quantitative estimate of drug-likeness (QED) is 0.0624. The number of ether oxygens (including phenoxy) is 1. The number of hydrogen-bond donors (Lipinski definition) is 2. The molecule has 10 nitrogen and oxygen atoms in total. The highest BCUT2D eigenvalue weighted by molar-refractivity contribution is 7.87. The number of nitrogens with zero attached hydrogens (tertiary/aromatic N) is 2. The van der Waals surface area contributed by atoms with E-state index in [1.165, 1.54) is 43.5 Å². The van der Waals surface area contributed by atoms with Gasteiger partial charge in [-0.25, -0.2) is 14.4 Å². The van der Waals surface area contributed by atoms with Gasteiger partial charge in [-0.3, -0.25) is 9.89 Å². The van der Waals surface area contributed by atoms with E-state index in [4.69, 9.17) is 55.3 Å². The van der Waals surface area contributed by atoms with Gasteiger partial charge in [0.1, 0.15) is 16.3 Å². The van der Waals surface area contributed by atoms with E-state index in [1.807, 2.05) is 6.92 Å². The molecule has 4 rings (SSSR count). The summed E-state index contributed by atoms with van der Waals surface area (Å²) in [4.78, 5) is 29.5. The van der Waals surface area contributed by atoms with Crippen molar-refractivity contribution in [1.29, 1.82) is 0 Å². The minimum absolute atomic E-state index is 0.0176. The SMILES string of the molecule is CCCCCCCC(CCC(C)Cl)NC(=O)N(c1ccccc1)c1[nH]n(-c2c(Cl)cc(Cl)cc2Cl)c(=O)c1OS(=O)(=O)c1ccc(OC)cc1. The Kier molecular flexibility index (Phi) is 14.4. The van der Waals surface area contributed by atoms with Crippen LogP contribution in [0.1, 0.15) is 65.2 Å². The van der Waals surface area contributed by atoms with Crippen molar-refractivity contribution in [3.8, 4) is 17.2 Å². The minimum atomic E-state index is -4.63. The van der Waals surface area contributed by atoms with E-state index < -0.39 is 27.5 Å². The van der Waals surface area contributed by atoms with Crippen molar-refractivity contribution in [2.24, 2.45) is 0 Å². The summed E-state index contributed by atoms with van der Waals surface area (Å²) >= 11 is 25.5. The van der Waals surface area contributed by atoms with Gasteiger partial charge in [-0.2, -0.15) is 8.42 Å². The molecule has 4 aromatic rings. The molecule has 0 saturated carbocycles. The lowest BCUT2D eigenvalue weighted by Crippen LogP contribution is -2.43. The van der Waals surface area contributed by atoms with Crippen molar-refractivity contribution in [2.75, 3.05) is 12.0 Å². The molecule has 0 spiro atoms. The number of amides is 2. The third-order valence-electron chi connectivity index (χ3n) is 7.91. The zero-order valence-corrected chi connectivity index (χ0v) is 31.8. The molecular weight excluding hydrogens is 746 g/mol. The molecule has 270 valence electrons. The lowest BCUT2D eigenvalue weighted by Gasteiger charge is -2.26. The van der Waals surface area contributed by atoms with E-state index in [2.05, 4.69) is 17.3 Å². The van der Waals surface area contributed by atoms with Crippen LogP contribution in [0.3, 0.4) is 0 Å². The number of methoxy groups -OCH3 is 1. The molecule has 1 heterocycles. The van der Waals surface area contributed by atoms with Crippen LogP contribution in [0.5, 0.6) is 11.5 Å². The van der Waals surface area contributed by atoms with Gasteiger partial charge in [0.05, 0.1) is 22.8 Å². The molecule has 0 fully saturated rings. The number of rotatable bonds is 17. The number of nitrogens with one attached hydrogen (secondary N) is 2. The second-order valence-electron chi connectivity index (χ2n) is 11.7. The largest absolute Gasteiger partial charge is 0.497 e. The summed E-state index contributed by atoms with van der Waals surface area (Å²) in [7, 11) is -3.19. The number of halogens is 4. The van der Waals surface area contributed by atoms with Crippen LogP contribution in [0.15, 0.2) is 76.4 Å². The van der Waals surface area contributed by atoms with E-state index in [0.29, 0.717) is 30.7 Å². The lowest BCUT2D eigenvalue weighted by molar-refractivity contribution is 0.242. The van der Waals surface area contributed by atoms with E-state index in [-0.39, 0.29) is 42.9 Å². The molecule has 0 bridgehead atoms. The monoisotopic (exact) mass is 784 g/mol. The Morgan fingerprint density at radius 2 is 1.58 bits per heavy atom. The number of benzene rings is 3. The van der Waals surface area contributed by atoms with E-state index in [0.717, 1.165) is 41.7 Å². The Labute approximate surface area is 312 Å². The number of anilines is 2. The summed E-state index contributed by atoms with van der Waals surface area (Å²) in [5.41, 5.74) is -0.707. The van der Waals surface area contributed by atoms with Crippen LogP contribution in [0.2, 0.25) is 15.1 Å². The molecule has 50 heavy (non-hydrogen) atoms. The van der Waals surface area contributed by atoms with Crippen LogP contribution in [0, 0.1) is 0 Å². The standard InChI is InChI=1S/C35H40Cl4N4O6S/c1-4-5-6-7-9-12-25(16-15-23(2)36)40-35(45)42(26-13-10-8-11-14-26)33-32(49-50(46,47)28-19-17-27(48-3)18-20-28)34(44)43(41-33)31-29(38)21-24(37)22-30(31)39/h8,10-11,13-14,17-23,25,41H,4-7,9,12,15-16H2,1-3H3,(H,40,45). The summed E-state index contributed by atoms with van der Waals surface area (Å²) in [6.07, 6.45) is 7.20. The van der Waals surface area contributed by atoms with Crippen LogP contribution in [0.25, 0.3) is 5.69 Å². The van der Waals surface area contributed by atoms with Crippen molar-refractivity contribution >= 4 is 74.1 Å². The fourth-order valence-corrected chi connectivity index (χ4v) is 7.37. The summed E-state index contributed by atoms with van der Waals surface area (Å²) in [5, 5.41) is 6.02. The highest BCUT2D eigenvalue weighted by atomic mass is 35.5. The van der Waals surface area contributed by atoms with Gasteiger partial charge < -0.3 is 14.2 Å². The Bertz CT molecular complexity index is 1880. The second kappa shape index (κ2) is 18.2. The number of aromatic amines is 1. The number of carbonyl (C=O) groups is 1. The normalized spacial score (nSPS) is 12.7. The molecule has 0 aliphatic heterocycles. The summed E-state index contributed by atoms with van der Waals surface area (Å²) < 4.78 is 38.9. The second-order valence-corrected chi connectivity index (χ2v) is 15.3. The number of hydrogen-bond acceptors (Lipinski definition) is 6. The fraction of sp³-hybridized carbons (Fsp3) is 0.371. The average molecular weight is 787 g/mol. The summed E-state index contributed by atoms with van der Waals surface area (Å²) in [5.74, 6) is -0.575. The van der Waals surface area contributed by atoms with Gasteiger partial charge in [0.2, 0.25) is 0 Å². The molecular formula is C35H40Cl4N4O6S. The minimum Gasteiger partial charge on any atom is -0.497 e. The zero-order chi connectivity index (χ0) is 36.4. The topological polar surface area (TPSA) is 123 Å². The van der Waals surface area contributed by atoms with E-state index >= 15 is 0 Å². The highest BCUT2D eigenvalue weighted by Gasteiger charge is 2.33. The molecule has 2 atom stereocenters. The van der Waals surface area contributed by atoms with Gasteiger partial charge >= 0.3 is 21.7 Å². The zero-order valence-electron chi connectivity index (χ0n) is 27.9. The molecule has 1 aromatic heterocycles. The molecule has 0 radical (unpaired) electrons. The van der Waals surface area contributed by atoms with Crippen molar-refractivity contribution in [1.82, 2.24) is 15.1 Å². The van der Waals surface area contributed by atoms with Gasteiger partial charge in [-0.05, 0) is 74.7 Å². The number of unbranched alkanes of at least 4 members (excludes halogenated alkanes) is 4. The lowest BCUT2D eigenvalue weighted by atomic mass is 10.0. The number of carbonyl (C=O) groups excluding carboxylic acids is 1. The number of para-hydroxylation sites is 1. The van der Waals surface area contributed by atoms with Crippen molar-refractivity contribution < 1.29 is 22.1 Å². The van der Waals surface area contributed by atoms with Crippen LogP contribution in [-0.4, -0.2) is 42.8 Å². The Balaban J connectivity index is 1.86. The van der Waals surface area contributed by atoms with Crippen LogP contribution >= 0.6 is 46.4 Å². The first-order valence-corrected chi connectivity index (χ1v) is 19.2. The van der Waals surface area contributed by atoms with Gasteiger partial charge in [0.25, 0.3) is 5.75 Å². The predicted molar refractivity (Wildman–Crippen MR) is 201 cm³/mol. The first-order chi connectivity index (χ1) is 23.9. The first kappa shape index (κ1) is 39.4. The number of urea groups is 1. The van der Waals surface area contributed by atoms with Crippen LogP contribution < -0.4 is 24.7 Å². The predicted octanol–water partition coefficient (Wildman–Crippen LogP) is 9.89. The number of H-pyrrole nitrogens is 1. The summed E-state index contributed by atoms with van der Waals surface area (Å²) in [6.45, 7) is 4.04.